The number of ether oxygens (including phenoxy) is 1. The second-order valence-electron chi connectivity index (χ2n) is 8.52. The maximum Gasteiger partial charge on any atom is 0.259 e. The Kier molecular flexibility index (Phi) is 8.16. The van der Waals surface area contributed by atoms with Crippen molar-refractivity contribution in [2.45, 2.75) is 39.3 Å². The van der Waals surface area contributed by atoms with Gasteiger partial charge in [-0.1, -0.05) is 25.1 Å². The lowest BCUT2D eigenvalue weighted by atomic mass is 9.99. The van der Waals surface area contributed by atoms with Crippen molar-refractivity contribution in [1.82, 2.24) is 19.8 Å². The topological polar surface area (TPSA) is 95.9 Å². The Morgan fingerprint density at radius 1 is 1.39 bits per heavy atom. The van der Waals surface area contributed by atoms with Crippen LogP contribution in [-0.4, -0.2) is 75.6 Å². The van der Waals surface area contributed by atoms with Crippen molar-refractivity contribution in [1.29, 1.82) is 0 Å². The number of likely N-dealkylation sites (N-methyl/N-ethyl adjacent to an activating group) is 1. The van der Waals surface area contributed by atoms with E-state index in [1.807, 2.05) is 51.1 Å². The highest BCUT2D eigenvalue weighted by atomic mass is 16.5. The quantitative estimate of drug-likeness (QED) is 0.693. The standard InChI is InChI=1S/C25H32N4O4/c1-5-8-19-11-21-24(27-13-19)33-22(17(2)14-29(25(21)32)18(3)16-30)15-28(4)23(31)12-20-9-6-7-10-26-20/h5-11,13,17-18,22,30H,12,14-16H2,1-4H3/b8-5+/t17-,18-,22+/m0/s1. The molecule has 2 aromatic heterocycles. The molecule has 176 valence electrons. The molecule has 0 fully saturated rings. The van der Waals surface area contributed by atoms with Crippen LogP contribution in [0.2, 0.25) is 0 Å². The average Bonchev–Trinajstić information content (AvgIpc) is 2.82. The highest BCUT2D eigenvalue weighted by molar-refractivity contribution is 5.97. The molecule has 0 radical (unpaired) electrons. The van der Waals surface area contributed by atoms with Gasteiger partial charge in [0.2, 0.25) is 11.8 Å². The third kappa shape index (κ3) is 5.96. The van der Waals surface area contributed by atoms with Gasteiger partial charge in [-0.3, -0.25) is 14.6 Å². The zero-order valence-corrected chi connectivity index (χ0v) is 19.6. The van der Waals surface area contributed by atoms with E-state index in [9.17, 15) is 14.7 Å². The molecule has 0 spiro atoms. The molecule has 8 heteroatoms. The Hall–Kier alpha value is -3.26. The third-order valence-corrected chi connectivity index (χ3v) is 5.84. The summed E-state index contributed by atoms with van der Waals surface area (Å²) in [6, 6.07) is 6.89. The number of aliphatic hydroxyl groups is 1. The van der Waals surface area contributed by atoms with E-state index >= 15 is 0 Å². The van der Waals surface area contributed by atoms with Crippen LogP contribution >= 0.6 is 0 Å². The molecule has 8 nitrogen and oxygen atoms in total. The number of aromatic nitrogens is 2. The van der Waals surface area contributed by atoms with Crippen molar-refractivity contribution in [3.05, 3.63) is 59.6 Å². The number of pyridine rings is 2. The average molecular weight is 453 g/mol. The van der Waals surface area contributed by atoms with Crippen LogP contribution in [0, 0.1) is 5.92 Å². The molecule has 0 aromatic carbocycles. The predicted molar refractivity (Wildman–Crippen MR) is 126 cm³/mol. The molecule has 33 heavy (non-hydrogen) atoms. The first-order valence-corrected chi connectivity index (χ1v) is 11.2. The number of carbonyl (C=O) groups excluding carboxylic acids is 2. The number of hydrogen-bond donors (Lipinski definition) is 1. The van der Waals surface area contributed by atoms with Crippen molar-refractivity contribution in [2.24, 2.45) is 5.92 Å². The minimum atomic E-state index is -0.386. The smallest absolute Gasteiger partial charge is 0.259 e. The molecule has 1 aliphatic heterocycles. The van der Waals surface area contributed by atoms with Gasteiger partial charge in [0.15, 0.2) is 0 Å². The molecule has 0 saturated heterocycles. The van der Waals surface area contributed by atoms with Gasteiger partial charge >= 0.3 is 0 Å². The number of hydrogen-bond acceptors (Lipinski definition) is 6. The number of allylic oxidation sites excluding steroid dienone is 1. The summed E-state index contributed by atoms with van der Waals surface area (Å²) in [4.78, 5) is 38.1. The number of carbonyl (C=O) groups is 2. The lowest BCUT2D eigenvalue weighted by Gasteiger charge is -2.37. The summed E-state index contributed by atoms with van der Waals surface area (Å²) < 4.78 is 6.23. The van der Waals surface area contributed by atoms with E-state index < -0.39 is 0 Å². The van der Waals surface area contributed by atoms with Crippen LogP contribution in [0.25, 0.3) is 6.08 Å². The van der Waals surface area contributed by atoms with Gasteiger partial charge in [0.25, 0.3) is 5.91 Å². The number of fused-ring (bicyclic) bond motifs is 1. The Labute approximate surface area is 194 Å². The minimum absolute atomic E-state index is 0.0696. The molecule has 1 N–H and O–H groups in total. The normalized spacial score (nSPS) is 19.4. The van der Waals surface area contributed by atoms with Gasteiger partial charge in [-0.25, -0.2) is 4.98 Å². The van der Waals surface area contributed by atoms with Gasteiger partial charge in [0, 0.05) is 37.6 Å². The van der Waals surface area contributed by atoms with Crippen molar-refractivity contribution in [3.8, 4) is 5.88 Å². The molecule has 0 unspecified atom stereocenters. The van der Waals surface area contributed by atoms with E-state index in [2.05, 4.69) is 9.97 Å². The molecule has 3 rings (SSSR count). The summed E-state index contributed by atoms with van der Waals surface area (Å²) >= 11 is 0. The summed E-state index contributed by atoms with van der Waals surface area (Å²) in [5.41, 5.74) is 1.85. The lowest BCUT2D eigenvalue weighted by Crippen LogP contribution is -2.50. The summed E-state index contributed by atoms with van der Waals surface area (Å²) in [6.07, 6.45) is 6.88. The van der Waals surface area contributed by atoms with Crippen LogP contribution in [0.1, 0.15) is 42.4 Å². The summed E-state index contributed by atoms with van der Waals surface area (Å²) in [6.45, 7) is 6.26. The Bertz CT molecular complexity index is 995. The fourth-order valence-electron chi connectivity index (χ4n) is 3.78. The van der Waals surface area contributed by atoms with E-state index in [1.165, 1.54) is 0 Å². The zero-order valence-electron chi connectivity index (χ0n) is 19.6. The van der Waals surface area contributed by atoms with Crippen molar-refractivity contribution in [2.75, 3.05) is 26.7 Å². The Morgan fingerprint density at radius 3 is 2.85 bits per heavy atom. The van der Waals surface area contributed by atoms with Gasteiger partial charge in [0.1, 0.15) is 11.7 Å². The summed E-state index contributed by atoms with van der Waals surface area (Å²) in [5.74, 6) is -0.154. The maximum absolute atomic E-state index is 13.3. The second-order valence-corrected chi connectivity index (χ2v) is 8.52. The number of amides is 2. The molecule has 2 amide bonds. The van der Waals surface area contributed by atoms with Crippen LogP contribution in [0.4, 0.5) is 0 Å². The van der Waals surface area contributed by atoms with Gasteiger partial charge < -0.3 is 19.6 Å². The Morgan fingerprint density at radius 2 is 2.18 bits per heavy atom. The van der Waals surface area contributed by atoms with Crippen LogP contribution in [0.3, 0.4) is 0 Å². The first-order valence-electron chi connectivity index (χ1n) is 11.2. The van der Waals surface area contributed by atoms with E-state index in [4.69, 9.17) is 4.74 Å². The van der Waals surface area contributed by atoms with E-state index in [1.54, 1.807) is 35.3 Å². The molecule has 3 heterocycles. The molecule has 0 bridgehead atoms. The SMILES string of the molecule is C/C=C/c1cnc2c(c1)C(=O)N([C@@H](C)CO)C[C@H](C)[C@@H](CN(C)C(=O)Cc1ccccn1)O2. The fourth-order valence-corrected chi connectivity index (χ4v) is 3.78. The van der Waals surface area contributed by atoms with Crippen LogP contribution in [0.15, 0.2) is 42.7 Å². The van der Waals surface area contributed by atoms with Gasteiger partial charge in [-0.05, 0) is 37.6 Å². The molecular formula is C25H32N4O4. The highest BCUT2D eigenvalue weighted by Gasteiger charge is 2.34. The summed E-state index contributed by atoms with van der Waals surface area (Å²) in [5, 5.41) is 9.75. The first kappa shape index (κ1) is 24.4. The van der Waals surface area contributed by atoms with E-state index in [0.717, 1.165) is 5.56 Å². The fraction of sp³-hybridized carbons (Fsp3) is 0.440. The molecule has 0 saturated carbocycles. The van der Waals surface area contributed by atoms with E-state index in [0.29, 0.717) is 24.3 Å². The molecule has 0 aliphatic carbocycles. The monoisotopic (exact) mass is 452 g/mol. The van der Waals surface area contributed by atoms with Crippen molar-refractivity contribution < 1.29 is 19.4 Å². The van der Waals surface area contributed by atoms with Gasteiger partial charge in [-0.2, -0.15) is 0 Å². The summed E-state index contributed by atoms with van der Waals surface area (Å²) in [7, 11) is 1.74. The van der Waals surface area contributed by atoms with Crippen LogP contribution in [-0.2, 0) is 11.2 Å². The predicted octanol–water partition coefficient (Wildman–Crippen LogP) is 2.43. The molecule has 2 aromatic rings. The number of rotatable bonds is 7. The molecule has 3 atom stereocenters. The van der Waals surface area contributed by atoms with Crippen molar-refractivity contribution >= 4 is 17.9 Å². The lowest BCUT2D eigenvalue weighted by molar-refractivity contribution is -0.130. The van der Waals surface area contributed by atoms with Gasteiger partial charge in [0.05, 0.1) is 25.6 Å². The van der Waals surface area contributed by atoms with E-state index in [-0.39, 0.29) is 48.8 Å². The number of aliphatic hydroxyl groups excluding tert-OH is 1. The van der Waals surface area contributed by atoms with Crippen LogP contribution in [0.5, 0.6) is 5.88 Å². The molecule has 1 aliphatic rings. The largest absolute Gasteiger partial charge is 0.472 e. The highest BCUT2D eigenvalue weighted by Crippen LogP contribution is 2.27. The minimum Gasteiger partial charge on any atom is -0.472 e. The number of nitrogens with zero attached hydrogens (tertiary/aromatic N) is 4. The zero-order chi connectivity index (χ0) is 24.0. The van der Waals surface area contributed by atoms with Crippen molar-refractivity contribution in [3.63, 3.8) is 0 Å². The first-order chi connectivity index (χ1) is 15.8. The molecular weight excluding hydrogens is 420 g/mol. The third-order valence-electron chi connectivity index (χ3n) is 5.84. The second kappa shape index (κ2) is 11.0. The van der Waals surface area contributed by atoms with Crippen LogP contribution < -0.4 is 4.74 Å². The maximum atomic E-state index is 13.3. The van der Waals surface area contributed by atoms with Gasteiger partial charge in [-0.15, -0.1) is 0 Å². The Balaban J connectivity index is 1.87.